The Morgan fingerprint density at radius 2 is 1.76 bits per heavy atom. The average molecular weight is 519 g/mol. The second kappa shape index (κ2) is 9.77. The summed E-state index contributed by atoms with van der Waals surface area (Å²) in [6, 6.07) is 10.9. The number of halogens is 1. The van der Waals surface area contributed by atoms with Gasteiger partial charge in [0.25, 0.3) is 15.9 Å². The van der Waals surface area contributed by atoms with Crippen LogP contribution < -0.4 is 10.0 Å². The van der Waals surface area contributed by atoms with Crippen molar-refractivity contribution in [3.8, 4) is 0 Å². The van der Waals surface area contributed by atoms with Crippen LogP contribution in [-0.2, 0) is 27.6 Å². The van der Waals surface area contributed by atoms with Crippen molar-refractivity contribution in [1.82, 2.24) is 0 Å². The summed E-state index contributed by atoms with van der Waals surface area (Å²) in [5, 5.41) is 3.16. The summed E-state index contributed by atoms with van der Waals surface area (Å²) in [5.74, 6) is -1.05. The molecule has 2 aromatic carbocycles. The highest BCUT2D eigenvalue weighted by molar-refractivity contribution is 7.92. The van der Waals surface area contributed by atoms with Crippen molar-refractivity contribution in [2.75, 3.05) is 17.1 Å². The lowest BCUT2D eigenvalue weighted by atomic mass is 9.95. The fourth-order valence-corrected chi connectivity index (χ4v) is 6.69. The number of hydrogen-bond donors (Lipinski definition) is 2. The molecule has 1 amide bonds. The minimum Gasteiger partial charge on any atom is -0.465 e. The second-order valence-corrected chi connectivity index (χ2v) is 11.1. The number of amides is 1. The second-order valence-electron chi connectivity index (χ2n) is 7.98. The Morgan fingerprint density at radius 1 is 1.06 bits per heavy atom. The molecule has 2 N–H and O–H groups in total. The zero-order valence-corrected chi connectivity index (χ0v) is 21.0. The summed E-state index contributed by atoms with van der Waals surface area (Å²) in [6.45, 7) is 1.90. The Hall–Kier alpha value is -2.88. The van der Waals surface area contributed by atoms with Gasteiger partial charge in [-0.1, -0.05) is 29.3 Å². The van der Waals surface area contributed by atoms with E-state index >= 15 is 0 Å². The highest BCUT2D eigenvalue weighted by Gasteiger charge is 2.28. The van der Waals surface area contributed by atoms with Crippen LogP contribution in [0.25, 0.3) is 0 Å². The molecule has 1 aliphatic rings. The molecular weight excluding hydrogens is 496 g/mol. The number of sulfonamides is 1. The molecule has 0 fully saturated rings. The van der Waals surface area contributed by atoms with E-state index in [1.54, 1.807) is 24.3 Å². The summed E-state index contributed by atoms with van der Waals surface area (Å²) in [6.07, 6.45) is 3.58. The Morgan fingerprint density at radius 3 is 2.47 bits per heavy atom. The third-order valence-electron chi connectivity index (χ3n) is 5.57. The zero-order chi connectivity index (χ0) is 24.5. The predicted molar refractivity (Wildman–Crippen MR) is 134 cm³/mol. The van der Waals surface area contributed by atoms with Gasteiger partial charge in [-0.15, -0.1) is 11.3 Å². The van der Waals surface area contributed by atoms with Crippen molar-refractivity contribution >= 4 is 55.5 Å². The first kappa shape index (κ1) is 24.3. The fraction of sp³-hybridized carbons (Fsp3) is 0.250. The number of nitrogens with one attached hydrogen (secondary N) is 2. The normalized spacial score (nSPS) is 13.1. The molecular formula is C24H23ClN2O5S2. The van der Waals surface area contributed by atoms with E-state index in [1.807, 2.05) is 6.92 Å². The van der Waals surface area contributed by atoms with Gasteiger partial charge in [-0.05, 0) is 68.5 Å². The predicted octanol–water partition coefficient (Wildman–Crippen LogP) is 5.43. The topological polar surface area (TPSA) is 102 Å². The summed E-state index contributed by atoms with van der Waals surface area (Å²) < 4.78 is 33.4. The summed E-state index contributed by atoms with van der Waals surface area (Å²) >= 11 is 7.54. The van der Waals surface area contributed by atoms with E-state index < -0.39 is 21.9 Å². The molecule has 0 aliphatic heterocycles. The number of rotatable bonds is 6. The third-order valence-corrected chi connectivity index (χ3v) is 8.64. The van der Waals surface area contributed by atoms with Gasteiger partial charge in [0.1, 0.15) is 9.90 Å². The lowest BCUT2D eigenvalue weighted by Crippen LogP contribution is -2.17. The molecule has 0 atom stereocenters. The van der Waals surface area contributed by atoms with Gasteiger partial charge < -0.3 is 10.1 Å². The molecule has 3 aromatic rings. The van der Waals surface area contributed by atoms with Crippen LogP contribution in [0.2, 0.25) is 5.02 Å². The molecule has 0 saturated heterocycles. The number of hydrogen-bond acceptors (Lipinski definition) is 6. The fourth-order valence-electron chi connectivity index (χ4n) is 3.83. The molecule has 0 radical (unpaired) electrons. The number of aryl methyl sites for hydroxylation is 2. The first-order valence-electron chi connectivity index (χ1n) is 10.6. The lowest BCUT2D eigenvalue weighted by molar-refractivity contribution is 0.0601. The van der Waals surface area contributed by atoms with Crippen LogP contribution >= 0.6 is 22.9 Å². The van der Waals surface area contributed by atoms with Crippen LogP contribution in [0.15, 0.2) is 47.4 Å². The molecule has 0 saturated carbocycles. The van der Waals surface area contributed by atoms with Gasteiger partial charge in [0.05, 0.1) is 17.7 Å². The van der Waals surface area contributed by atoms with E-state index in [2.05, 4.69) is 10.0 Å². The van der Waals surface area contributed by atoms with E-state index in [-0.39, 0.29) is 15.5 Å². The molecule has 7 nitrogen and oxygen atoms in total. The number of fused-ring (bicyclic) bond motifs is 1. The van der Waals surface area contributed by atoms with Crippen LogP contribution in [0, 0.1) is 6.92 Å². The van der Waals surface area contributed by atoms with Crippen LogP contribution in [-0.4, -0.2) is 27.4 Å². The minimum atomic E-state index is -4.05. The van der Waals surface area contributed by atoms with Crippen LogP contribution in [0.3, 0.4) is 0 Å². The van der Waals surface area contributed by atoms with Gasteiger partial charge in [-0.25, -0.2) is 13.2 Å². The minimum absolute atomic E-state index is 0.0157. The van der Waals surface area contributed by atoms with Crippen molar-refractivity contribution in [3.63, 3.8) is 0 Å². The molecule has 0 unspecified atom stereocenters. The maximum Gasteiger partial charge on any atom is 0.341 e. The van der Waals surface area contributed by atoms with E-state index in [9.17, 15) is 18.0 Å². The highest BCUT2D eigenvalue weighted by Crippen LogP contribution is 2.39. The number of methoxy groups -OCH3 is 1. The smallest absolute Gasteiger partial charge is 0.341 e. The van der Waals surface area contributed by atoms with Crippen molar-refractivity contribution in [3.05, 3.63) is 74.6 Å². The molecule has 1 heterocycles. The maximum atomic E-state index is 13.1. The molecule has 10 heteroatoms. The van der Waals surface area contributed by atoms with Gasteiger partial charge in [0, 0.05) is 16.1 Å². The third kappa shape index (κ3) is 4.96. The largest absolute Gasteiger partial charge is 0.465 e. The maximum absolute atomic E-state index is 13.1. The quantitative estimate of drug-likeness (QED) is 0.424. The summed E-state index contributed by atoms with van der Waals surface area (Å²) in [4.78, 5) is 26.3. The number of carbonyl (C=O) groups excluding carboxylic acids is 2. The molecule has 0 bridgehead atoms. The Balaban J connectivity index is 1.63. The van der Waals surface area contributed by atoms with Gasteiger partial charge in [0.2, 0.25) is 0 Å². The van der Waals surface area contributed by atoms with Gasteiger partial charge in [0.15, 0.2) is 0 Å². The number of ether oxygens (including phenoxy) is 1. The van der Waals surface area contributed by atoms with Crippen molar-refractivity contribution in [2.45, 2.75) is 37.5 Å². The van der Waals surface area contributed by atoms with Gasteiger partial charge in [-0.3, -0.25) is 9.52 Å². The summed E-state index contributed by atoms with van der Waals surface area (Å²) in [7, 11) is -2.74. The Bertz CT molecular complexity index is 1360. The molecule has 1 aromatic heterocycles. The standard InChI is InChI=1S/C24H23ClN2O5S2/c1-14-7-10-16(11-8-14)27-34(30,31)20-13-15(9-12-18(20)25)22(28)26-23-21(24(29)32-2)17-5-3-4-6-19(17)33-23/h7-13,27H,3-6H2,1-2H3,(H,26,28). The Labute approximate surface area is 207 Å². The first-order valence-corrected chi connectivity index (χ1v) is 13.3. The van der Waals surface area contributed by atoms with E-state index in [1.165, 1.54) is 36.6 Å². The van der Waals surface area contributed by atoms with E-state index in [0.29, 0.717) is 16.3 Å². The number of benzene rings is 2. The molecule has 4 rings (SSSR count). The Kier molecular flexibility index (Phi) is 6.97. The van der Waals surface area contributed by atoms with E-state index in [0.717, 1.165) is 41.7 Å². The SMILES string of the molecule is COC(=O)c1c(NC(=O)c2ccc(Cl)c(S(=O)(=O)Nc3ccc(C)cc3)c2)sc2c1CCCC2. The lowest BCUT2D eigenvalue weighted by Gasteiger charge is -2.12. The number of thiophene rings is 1. The van der Waals surface area contributed by atoms with Crippen molar-refractivity contribution < 1.29 is 22.7 Å². The van der Waals surface area contributed by atoms with Crippen molar-refractivity contribution in [2.24, 2.45) is 0 Å². The highest BCUT2D eigenvalue weighted by atomic mass is 35.5. The average Bonchev–Trinajstić information content (AvgIpc) is 3.17. The van der Waals surface area contributed by atoms with Gasteiger partial charge >= 0.3 is 5.97 Å². The molecule has 178 valence electrons. The molecule has 34 heavy (non-hydrogen) atoms. The van der Waals surface area contributed by atoms with Crippen LogP contribution in [0.4, 0.5) is 10.7 Å². The van der Waals surface area contributed by atoms with Crippen LogP contribution in [0.5, 0.6) is 0 Å². The first-order chi connectivity index (χ1) is 16.2. The van der Waals surface area contributed by atoms with E-state index in [4.69, 9.17) is 16.3 Å². The van der Waals surface area contributed by atoms with Gasteiger partial charge in [-0.2, -0.15) is 0 Å². The van der Waals surface area contributed by atoms with Crippen molar-refractivity contribution in [1.29, 1.82) is 0 Å². The number of anilines is 2. The summed E-state index contributed by atoms with van der Waals surface area (Å²) in [5.41, 5.74) is 2.75. The monoisotopic (exact) mass is 518 g/mol. The number of carbonyl (C=O) groups is 2. The van der Waals surface area contributed by atoms with Crippen LogP contribution in [0.1, 0.15) is 49.6 Å². The molecule has 0 spiro atoms. The molecule has 1 aliphatic carbocycles. The number of esters is 1. The zero-order valence-electron chi connectivity index (χ0n) is 18.6.